The maximum Gasteiger partial charge on any atom is 0.345 e. The van der Waals surface area contributed by atoms with Crippen molar-refractivity contribution in [2.75, 3.05) is 6.26 Å². The summed E-state index contributed by atoms with van der Waals surface area (Å²) in [5.41, 5.74) is 0.449. The minimum absolute atomic E-state index is 0.00767. The molecule has 2 heterocycles. The number of halogens is 1. The highest BCUT2D eigenvalue weighted by Gasteiger charge is 2.23. The number of hydrogen-bond acceptors (Lipinski definition) is 4. The second-order valence-electron chi connectivity index (χ2n) is 7.60. The van der Waals surface area contributed by atoms with E-state index in [2.05, 4.69) is 24.3 Å². The Balaban J connectivity index is 1.66. The number of aryl methyl sites for hydroxylation is 2. The van der Waals surface area contributed by atoms with Gasteiger partial charge in [0, 0.05) is 30.4 Å². The van der Waals surface area contributed by atoms with Gasteiger partial charge in [0.05, 0.1) is 10.6 Å². The number of amides is 1. The molecule has 1 aromatic carbocycles. The average Bonchev–Trinajstić information content (AvgIpc) is 2.83. The summed E-state index contributed by atoms with van der Waals surface area (Å²) < 4.78 is 3.34. The molecule has 1 aromatic heterocycles. The maximum atomic E-state index is 12.7. The highest BCUT2D eigenvalue weighted by Crippen LogP contribution is 2.23. The minimum Gasteiger partial charge on any atom is -0.349 e. The Kier molecular flexibility index (Phi) is 6.88. The van der Waals surface area contributed by atoms with Crippen LogP contribution >= 0.6 is 23.4 Å². The first-order chi connectivity index (χ1) is 13.4. The number of nitrogens with one attached hydrogen (secondary N) is 1. The second kappa shape index (κ2) is 9.18. The van der Waals surface area contributed by atoms with Crippen LogP contribution in [0, 0.1) is 5.92 Å². The van der Waals surface area contributed by atoms with E-state index in [1.807, 2.05) is 18.4 Å². The Morgan fingerprint density at radius 3 is 2.89 bits per heavy atom. The standard InChI is InChI=1S/C20H27ClN4O2S/c1-13(2)8-11-25-20(27)24-10-9-14(4-7-18(24)23-25)22-19(26)16-12-15(28-3)5-6-17(16)21/h5-6,12-14H,4,7-11H2,1-3H3,(H,22,26). The third kappa shape index (κ3) is 4.81. The van der Waals surface area contributed by atoms with E-state index < -0.39 is 0 Å². The number of thioether (sulfide) groups is 1. The van der Waals surface area contributed by atoms with Gasteiger partial charge in [-0.2, -0.15) is 5.10 Å². The van der Waals surface area contributed by atoms with E-state index in [9.17, 15) is 9.59 Å². The van der Waals surface area contributed by atoms with E-state index in [0.29, 0.717) is 42.4 Å². The molecule has 0 radical (unpaired) electrons. The molecule has 3 rings (SSSR count). The number of carbonyl (C=O) groups excluding carboxylic acids is 1. The van der Waals surface area contributed by atoms with E-state index >= 15 is 0 Å². The molecule has 1 N–H and O–H groups in total. The molecule has 2 aromatic rings. The zero-order valence-corrected chi connectivity index (χ0v) is 18.1. The lowest BCUT2D eigenvalue weighted by molar-refractivity contribution is 0.0933. The molecule has 0 spiro atoms. The zero-order chi connectivity index (χ0) is 20.3. The molecule has 152 valence electrons. The summed E-state index contributed by atoms with van der Waals surface area (Å²) in [5.74, 6) is 1.18. The highest BCUT2D eigenvalue weighted by molar-refractivity contribution is 7.98. The molecular weight excluding hydrogens is 396 g/mol. The van der Waals surface area contributed by atoms with Crippen LogP contribution in [0.4, 0.5) is 0 Å². The monoisotopic (exact) mass is 422 g/mol. The number of rotatable bonds is 6. The molecular formula is C20H27ClN4O2S. The molecule has 0 fully saturated rings. The third-order valence-corrected chi connectivity index (χ3v) is 6.14. The van der Waals surface area contributed by atoms with E-state index in [0.717, 1.165) is 23.6 Å². The number of nitrogens with zero attached hydrogens (tertiary/aromatic N) is 3. The summed E-state index contributed by atoms with van der Waals surface area (Å²) in [6, 6.07) is 5.47. The second-order valence-corrected chi connectivity index (χ2v) is 8.89. The Morgan fingerprint density at radius 1 is 1.39 bits per heavy atom. The number of benzene rings is 1. The van der Waals surface area contributed by atoms with Gasteiger partial charge in [0.2, 0.25) is 0 Å². The number of carbonyl (C=O) groups is 1. The summed E-state index contributed by atoms with van der Waals surface area (Å²) in [6.07, 6.45) is 5.03. The predicted octanol–water partition coefficient (Wildman–Crippen LogP) is 3.60. The summed E-state index contributed by atoms with van der Waals surface area (Å²) in [4.78, 5) is 26.3. The van der Waals surface area contributed by atoms with Gasteiger partial charge in [-0.25, -0.2) is 9.48 Å². The van der Waals surface area contributed by atoms with Gasteiger partial charge < -0.3 is 5.32 Å². The molecule has 0 saturated carbocycles. The molecule has 1 atom stereocenters. The van der Waals surface area contributed by atoms with Crippen molar-refractivity contribution in [1.29, 1.82) is 0 Å². The van der Waals surface area contributed by atoms with Crippen molar-refractivity contribution in [3.63, 3.8) is 0 Å². The lowest BCUT2D eigenvalue weighted by Crippen LogP contribution is -2.36. The molecule has 8 heteroatoms. The molecule has 6 nitrogen and oxygen atoms in total. The van der Waals surface area contributed by atoms with Crippen LogP contribution in [0.1, 0.15) is 49.3 Å². The molecule has 1 amide bonds. The van der Waals surface area contributed by atoms with E-state index in [-0.39, 0.29) is 17.6 Å². The van der Waals surface area contributed by atoms with Gasteiger partial charge in [-0.15, -0.1) is 11.8 Å². The van der Waals surface area contributed by atoms with Crippen LogP contribution in [0.3, 0.4) is 0 Å². The van der Waals surface area contributed by atoms with Gasteiger partial charge in [0.1, 0.15) is 5.82 Å². The van der Waals surface area contributed by atoms with E-state index in [1.54, 1.807) is 27.1 Å². The Hall–Kier alpha value is -1.73. The summed E-state index contributed by atoms with van der Waals surface area (Å²) in [5, 5.41) is 8.05. The van der Waals surface area contributed by atoms with Crippen LogP contribution in [0.5, 0.6) is 0 Å². The van der Waals surface area contributed by atoms with Crippen molar-refractivity contribution < 1.29 is 4.79 Å². The molecule has 1 aliphatic heterocycles. The largest absolute Gasteiger partial charge is 0.349 e. The van der Waals surface area contributed by atoms with Crippen LogP contribution in [0.25, 0.3) is 0 Å². The van der Waals surface area contributed by atoms with E-state index in [4.69, 9.17) is 11.6 Å². The smallest absolute Gasteiger partial charge is 0.345 e. The number of aromatic nitrogens is 3. The molecule has 28 heavy (non-hydrogen) atoms. The molecule has 0 aliphatic carbocycles. The fourth-order valence-electron chi connectivity index (χ4n) is 3.37. The van der Waals surface area contributed by atoms with Crippen LogP contribution in [0.15, 0.2) is 27.9 Å². The first-order valence-corrected chi connectivity index (χ1v) is 11.3. The highest BCUT2D eigenvalue weighted by atomic mass is 35.5. The lowest BCUT2D eigenvalue weighted by Gasteiger charge is -2.17. The molecule has 1 aliphatic rings. The molecule has 0 bridgehead atoms. The summed E-state index contributed by atoms with van der Waals surface area (Å²) in [7, 11) is 0. The fraction of sp³-hybridized carbons (Fsp3) is 0.550. The summed E-state index contributed by atoms with van der Waals surface area (Å²) in [6.45, 7) is 5.50. The van der Waals surface area contributed by atoms with Crippen molar-refractivity contribution >= 4 is 29.3 Å². The quantitative estimate of drug-likeness (QED) is 0.722. The third-order valence-electron chi connectivity index (χ3n) is 5.09. The first-order valence-electron chi connectivity index (χ1n) is 9.70. The van der Waals surface area contributed by atoms with Gasteiger partial charge >= 0.3 is 5.69 Å². The Morgan fingerprint density at radius 2 is 2.18 bits per heavy atom. The van der Waals surface area contributed by atoms with Gasteiger partial charge in [0.25, 0.3) is 5.91 Å². The van der Waals surface area contributed by atoms with Gasteiger partial charge in [-0.3, -0.25) is 9.36 Å². The van der Waals surface area contributed by atoms with Crippen molar-refractivity contribution in [1.82, 2.24) is 19.7 Å². The first kappa shape index (κ1) is 21.0. The van der Waals surface area contributed by atoms with Crippen LogP contribution < -0.4 is 11.0 Å². The van der Waals surface area contributed by atoms with Crippen molar-refractivity contribution in [3.8, 4) is 0 Å². The van der Waals surface area contributed by atoms with Crippen molar-refractivity contribution in [2.24, 2.45) is 5.92 Å². The van der Waals surface area contributed by atoms with Crippen LogP contribution in [-0.2, 0) is 19.5 Å². The average molecular weight is 423 g/mol. The predicted molar refractivity (Wildman–Crippen MR) is 113 cm³/mol. The fourth-order valence-corrected chi connectivity index (χ4v) is 4.01. The van der Waals surface area contributed by atoms with Crippen molar-refractivity contribution in [3.05, 3.63) is 45.1 Å². The van der Waals surface area contributed by atoms with Crippen LogP contribution in [0.2, 0.25) is 5.02 Å². The molecule has 0 saturated heterocycles. The van der Waals surface area contributed by atoms with Crippen LogP contribution in [-0.4, -0.2) is 32.6 Å². The Labute approximate surface area is 174 Å². The zero-order valence-electron chi connectivity index (χ0n) is 16.6. The number of hydrogen-bond donors (Lipinski definition) is 1. The molecule has 1 unspecified atom stereocenters. The van der Waals surface area contributed by atoms with E-state index in [1.165, 1.54) is 0 Å². The topological polar surface area (TPSA) is 68.9 Å². The van der Waals surface area contributed by atoms with Crippen molar-refractivity contribution in [2.45, 2.75) is 63.6 Å². The lowest BCUT2D eigenvalue weighted by atomic mass is 10.1. The minimum atomic E-state index is -0.167. The van der Waals surface area contributed by atoms with Gasteiger partial charge in [-0.1, -0.05) is 25.4 Å². The summed E-state index contributed by atoms with van der Waals surface area (Å²) >= 11 is 7.79. The Bertz CT molecular complexity index is 906. The van der Waals surface area contributed by atoms with Gasteiger partial charge in [-0.05, 0) is 49.6 Å². The normalized spacial score (nSPS) is 16.7. The maximum absolute atomic E-state index is 12.7. The van der Waals surface area contributed by atoms with Gasteiger partial charge in [0.15, 0.2) is 0 Å². The SMILES string of the molecule is CSc1ccc(Cl)c(C(=O)NC2CCc3nn(CCC(C)C)c(=O)n3CC2)c1. The number of fused-ring (bicyclic) bond motifs is 1.